The van der Waals surface area contributed by atoms with Crippen LogP contribution >= 0.6 is 0 Å². The molecule has 0 unspecified atom stereocenters. The molecule has 1 saturated carbocycles. The predicted molar refractivity (Wildman–Crippen MR) is 58.6 cm³/mol. The van der Waals surface area contributed by atoms with E-state index in [0.29, 0.717) is 12.6 Å². The molecule has 15 heavy (non-hydrogen) atoms. The highest BCUT2D eigenvalue weighted by Gasteiger charge is 2.38. The van der Waals surface area contributed by atoms with Gasteiger partial charge in [0.2, 0.25) is 0 Å². The lowest BCUT2D eigenvalue weighted by Crippen LogP contribution is -2.45. The predicted octanol–water partition coefficient (Wildman–Crippen LogP) is 0.746. The van der Waals surface area contributed by atoms with E-state index in [1.807, 2.05) is 0 Å². The summed E-state index contributed by atoms with van der Waals surface area (Å²) >= 11 is 0. The van der Waals surface area contributed by atoms with Gasteiger partial charge in [-0.15, -0.1) is 0 Å². The Balaban J connectivity index is 2.37. The zero-order valence-corrected chi connectivity index (χ0v) is 9.95. The molecule has 0 aliphatic heterocycles. The zero-order chi connectivity index (χ0) is 11.3. The molecule has 0 spiro atoms. The molecule has 0 aromatic carbocycles. The molecule has 0 radical (unpaired) electrons. The lowest BCUT2D eigenvalue weighted by Gasteiger charge is -2.31. The quantitative estimate of drug-likeness (QED) is 0.645. The maximum Gasteiger partial charge on any atom is 0.169 e. The summed E-state index contributed by atoms with van der Waals surface area (Å²) in [6.07, 6.45) is 3.19. The van der Waals surface area contributed by atoms with Crippen molar-refractivity contribution in [2.24, 2.45) is 5.41 Å². The lowest BCUT2D eigenvalue weighted by atomic mass is 9.86. The van der Waals surface area contributed by atoms with Crippen LogP contribution in [0.5, 0.6) is 0 Å². The molecule has 0 aromatic rings. The minimum Gasteiger partial charge on any atom is -0.396 e. The van der Waals surface area contributed by atoms with Gasteiger partial charge < -0.3 is 19.9 Å². The van der Waals surface area contributed by atoms with Crippen LogP contribution in [0, 0.1) is 5.41 Å². The van der Waals surface area contributed by atoms with Gasteiger partial charge in [-0.3, -0.25) is 0 Å². The highest BCUT2D eigenvalue weighted by Crippen LogP contribution is 2.37. The van der Waals surface area contributed by atoms with Crippen LogP contribution in [0.3, 0.4) is 0 Å². The fourth-order valence-electron chi connectivity index (χ4n) is 2.27. The highest BCUT2D eigenvalue weighted by atomic mass is 16.7. The number of hydrogen-bond donors (Lipinski definition) is 2. The first-order chi connectivity index (χ1) is 7.16. The van der Waals surface area contributed by atoms with Gasteiger partial charge in [-0.2, -0.15) is 0 Å². The van der Waals surface area contributed by atoms with Gasteiger partial charge in [0.05, 0.1) is 0 Å². The second kappa shape index (κ2) is 5.80. The molecular weight excluding hydrogens is 194 g/mol. The van der Waals surface area contributed by atoms with Crippen LogP contribution in [-0.2, 0) is 9.47 Å². The summed E-state index contributed by atoms with van der Waals surface area (Å²) in [4.78, 5) is 0. The van der Waals surface area contributed by atoms with Gasteiger partial charge in [-0.05, 0) is 12.8 Å². The van der Waals surface area contributed by atoms with E-state index in [2.05, 4.69) is 12.2 Å². The van der Waals surface area contributed by atoms with Crippen LogP contribution in [0.2, 0.25) is 0 Å². The van der Waals surface area contributed by atoms with Crippen LogP contribution in [0.1, 0.15) is 26.2 Å². The molecule has 1 aliphatic rings. The van der Waals surface area contributed by atoms with Gasteiger partial charge in [-0.1, -0.05) is 13.3 Å². The molecule has 1 fully saturated rings. The standard InChI is InChI=1S/C11H23NO3/c1-11(8-13)6-4-5-9(11)12-7-10(14-2)15-3/h9-10,12-13H,4-8H2,1-3H3/t9-,11+/m0/s1. The SMILES string of the molecule is COC(CN[C@H]1CCC[C@]1(C)CO)OC. The number of ether oxygens (including phenoxy) is 2. The third-order valence-electron chi connectivity index (χ3n) is 3.50. The molecule has 0 saturated heterocycles. The lowest BCUT2D eigenvalue weighted by molar-refractivity contribution is -0.101. The average molecular weight is 217 g/mol. The molecule has 4 heteroatoms. The van der Waals surface area contributed by atoms with Crippen LogP contribution < -0.4 is 5.32 Å². The Morgan fingerprint density at radius 1 is 1.47 bits per heavy atom. The Kier molecular flexibility index (Phi) is 4.99. The number of aliphatic hydroxyl groups is 1. The summed E-state index contributed by atoms with van der Waals surface area (Å²) in [7, 11) is 3.27. The fourth-order valence-corrected chi connectivity index (χ4v) is 2.27. The van der Waals surface area contributed by atoms with Gasteiger partial charge in [0.1, 0.15) is 0 Å². The molecule has 1 rings (SSSR count). The molecule has 4 nitrogen and oxygen atoms in total. The van der Waals surface area contributed by atoms with E-state index in [1.54, 1.807) is 14.2 Å². The van der Waals surface area contributed by atoms with Crippen molar-refractivity contribution in [2.75, 3.05) is 27.4 Å². The third kappa shape index (κ3) is 3.14. The average Bonchev–Trinajstić information content (AvgIpc) is 2.63. The van der Waals surface area contributed by atoms with Crippen molar-refractivity contribution in [2.45, 2.75) is 38.5 Å². The van der Waals surface area contributed by atoms with Crippen LogP contribution in [0.15, 0.2) is 0 Å². The van der Waals surface area contributed by atoms with Crippen molar-refractivity contribution in [3.63, 3.8) is 0 Å². The summed E-state index contributed by atoms with van der Waals surface area (Å²) in [5, 5.41) is 12.8. The second-order valence-electron chi connectivity index (χ2n) is 4.57. The van der Waals surface area contributed by atoms with Gasteiger partial charge >= 0.3 is 0 Å². The Bertz CT molecular complexity index is 185. The molecule has 0 heterocycles. The first-order valence-corrected chi connectivity index (χ1v) is 5.56. The minimum absolute atomic E-state index is 0.0199. The Morgan fingerprint density at radius 3 is 2.67 bits per heavy atom. The fraction of sp³-hybridized carbons (Fsp3) is 1.00. The van der Waals surface area contributed by atoms with E-state index in [9.17, 15) is 5.11 Å². The number of nitrogens with one attached hydrogen (secondary N) is 1. The molecule has 2 N–H and O–H groups in total. The molecule has 0 bridgehead atoms. The maximum absolute atomic E-state index is 9.37. The zero-order valence-electron chi connectivity index (χ0n) is 9.95. The van der Waals surface area contributed by atoms with Gasteiger partial charge in [0.25, 0.3) is 0 Å². The Labute approximate surface area is 92.0 Å². The number of hydrogen-bond acceptors (Lipinski definition) is 4. The van der Waals surface area contributed by atoms with Gasteiger partial charge in [0, 0.05) is 38.8 Å². The molecule has 90 valence electrons. The van der Waals surface area contributed by atoms with E-state index in [1.165, 1.54) is 6.42 Å². The van der Waals surface area contributed by atoms with Crippen LogP contribution in [0.4, 0.5) is 0 Å². The number of rotatable bonds is 6. The smallest absolute Gasteiger partial charge is 0.169 e. The van der Waals surface area contributed by atoms with Gasteiger partial charge in [0.15, 0.2) is 6.29 Å². The van der Waals surface area contributed by atoms with E-state index < -0.39 is 0 Å². The maximum atomic E-state index is 9.37. The topological polar surface area (TPSA) is 50.7 Å². The first kappa shape index (κ1) is 12.9. The number of methoxy groups -OCH3 is 2. The monoisotopic (exact) mass is 217 g/mol. The van der Waals surface area contributed by atoms with E-state index in [-0.39, 0.29) is 18.3 Å². The van der Waals surface area contributed by atoms with Crippen LogP contribution in [0.25, 0.3) is 0 Å². The van der Waals surface area contributed by atoms with Crippen molar-refractivity contribution >= 4 is 0 Å². The summed E-state index contributed by atoms with van der Waals surface area (Å²) in [6.45, 7) is 3.05. The normalized spacial score (nSPS) is 31.4. The molecule has 2 atom stereocenters. The van der Waals surface area contributed by atoms with E-state index in [4.69, 9.17) is 9.47 Å². The highest BCUT2D eigenvalue weighted by molar-refractivity contribution is 4.93. The first-order valence-electron chi connectivity index (χ1n) is 5.56. The molecule has 0 amide bonds. The summed E-state index contributed by atoms with van der Waals surface area (Å²) in [5.74, 6) is 0. The van der Waals surface area contributed by atoms with Crippen molar-refractivity contribution in [3.05, 3.63) is 0 Å². The second-order valence-corrected chi connectivity index (χ2v) is 4.57. The summed E-state index contributed by atoms with van der Waals surface area (Å²) in [6, 6.07) is 0.371. The van der Waals surface area contributed by atoms with Crippen molar-refractivity contribution in [1.82, 2.24) is 5.32 Å². The molecule has 1 aliphatic carbocycles. The number of aliphatic hydroxyl groups excluding tert-OH is 1. The minimum atomic E-state index is -0.200. The van der Waals surface area contributed by atoms with Gasteiger partial charge in [-0.25, -0.2) is 0 Å². The Hall–Kier alpha value is -0.160. The van der Waals surface area contributed by atoms with E-state index >= 15 is 0 Å². The van der Waals surface area contributed by atoms with E-state index in [0.717, 1.165) is 12.8 Å². The largest absolute Gasteiger partial charge is 0.396 e. The van der Waals surface area contributed by atoms with Crippen molar-refractivity contribution in [1.29, 1.82) is 0 Å². The summed E-state index contributed by atoms with van der Waals surface area (Å²) in [5.41, 5.74) is 0.0199. The third-order valence-corrected chi connectivity index (χ3v) is 3.50. The van der Waals surface area contributed by atoms with Crippen molar-refractivity contribution in [3.8, 4) is 0 Å². The van der Waals surface area contributed by atoms with Crippen molar-refractivity contribution < 1.29 is 14.6 Å². The summed E-state index contributed by atoms with van der Waals surface area (Å²) < 4.78 is 10.2. The molecular formula is C11H23NO3. The molecule has 0 aromatic heterocycles. The van der Waals surface area contributed by atoms with Crippen LogP contribution in [-0.4, -0.2) is 44.8 Å². The Morgan fingerprint density at radius 2 is 2.13 bits per heavy atom.